The van der Waals surface area contributed by atoms with Crippen molar-refractivity contribution in [1.29, 1.82) is 5.26 Å². The van der Waals surface area contributed by atoms with Gasteiger partial charge in [0.2, 0.25) is 10.9 Å². The average Bonchev–Trinajstić information content (AvgIpc) is 3.39. The molecule has 1 aliphatic heterocycles. The highest BCUT2D eigenvalue weighted by Crippen LogP contribution is 2.52. The molecule has 1 atom stereocenters. The Hall–Kier alpha value is -3.23. The number of carbonyl (C=O) groups excluding carboxylic acids is 1. The van der Waals surface area contributed by atoms with E-state index in [9.17, 15) is 10.1 Å². The van der Waals surface area contributed by atoms with Crippen molar-refractivity contribution in [1.82, 2.24) is 10.2 Å². The predicted octanol–water partition coefficient (Wildman–Crippen LogP) is 5.29. The molecule has 1 saturated carbocycles. The van der Waals surface area contributed by atoms with Crippen molar-refractivity contribution in [3.05, 3.63) is 40.4 Å². The minimum atomic E-state index is -0.696. The summed E-state index contributed by atoms with van der Waals surface area (Å²) >= 11 is 3.23. The molecule has 2 heterocycles. The van der Waals surface area contributed by atoms with Crippen LogP contribution < -0.4 is 24.8 Å². The maximum atomic E-state index is 13.5. The van der Waals surface area contributed by atoms with E-state index in [-0.39, 0.29) is 17.2 Å². The Kier molecular flexibility index (Phi) is 7.81. The van der Waals surface area contributed by atoms with Crippen molar-refractivity contribution < 1.29 is 19.0 Å². The van der Waals surface area contributed by atoms with Gasteiger partial charge in [-0.3, -0.25) is 9.69 Å². The van der Waals surface area contributed by atoms with Crippen LogP contribution in [-0.4, -0.2) is 42.6 Å². The topological polar surface area (TPSA) is 124 Å². The van der Waals surface area contributed by atoms with Crippen LogP contribution >= 0.6 is 23.1 Å². The number of allylic oxidation sites excluding steroid dienone is 3. The maximum absolute atomic E-state index is 13.5. The van der Waals surface area contributed by atoms with Gasteiger partial charge in [0.1, 0.15) is 5.82 Å². The second-order valence-electron chi connectivity index (χ2n) is 9.47. The lowest BCUT2D eigenvalue weighted by Crippen LogP contribution is -2.38. The van der Waals surface area contributed by atoms with Gasteiger partial charge >= 0.3 is 0 Å². The number of carbonyl (C=O) groups is 1. The molecular formula is C27H31N5O4S2. The molecule has 38 heavy (non-hydrogen) atoms. The van der Waals surface area contributed by atoms with Gasteiger partial charge in [-0.2, -0.15) is 5.26 Å². The van der Waals surface area contributed by atoms with Crippen LogP contribution in [0, 0.1) is 11.3 Å². The lowest BCUT2D eigenvalue weighted by molar-refractivity contribution is -0.116. The number of rotatable bonds is 7. The third kappa shape index (κ3) is 4.60. The third-order valence-corrected chi connectivity index (χ3v) is 9.70. The van der Waals surface area contributed by atoms with E-state index in [0.29, 0.717) is 58.0 Å². The zero-order chi connectivity index (χ0) is 26.8. The SMILES string of the molecule is COc1ccc(C2C(C#N)=C(N)N(c3nnc(SC4CCCCC4)s3)C3=C2C(=O)CCC3)c(OC)c1OC. The Balaban J connectivity index is 1.62. The van der Waals surface area contributed by atoms with Gasteiger partial charge in [-0.25, -0.2) is 0 Å². The molecule has 1 aromatic heterocycles. The lowest BCUT2D eigenvalue weighted by atomic mass is 9.75. The van der Waals surface area contributed by atoms with Crippen molar-refractivity contribution in [2.24, 2.45) is 5.73 Å². The summed E-state index contributed by atoms with van der Waals surface area (Å²) in [7, 11) is 4.60. The molecule has 0 bridgehead atoms. The highest BCUT2D eigenvalue weighted by atomic mass is 32.2. The predicted molar refractivity (Wildman–Crippen MR) is 147 cm³/mol. The van der Waals surface area contributed by atoms with Gasteiger partial charge in [-0.15, -0.1) is 10.2 Å². The Morgan fingerprint density at radius 1 is 1.05 bits per heavy atom. The highest BCUT2D eigenvalue weighted by Gasteiger charge is 2.43. The summed E-state index contributed by atoms with van der Waals surface area (Å²) in [6.45, 7) is 0. The number of anilines is 1. The highest BCUT2D eigenvalue weighted by molar-refractivity contribution is 8.01. The Bertz CT molecular complexity index is 1340. The van der Waals surface area contributed by atoms with Gasteiger partial charge in [0, 0.05) is 28.5 Å². The van der Waals surface area contributed by atoms with Gasteiger partial charge in [-0.05, 0) is 31.7 Å². The van der Waals surface area contributed by atoms with Crippen molar-refractivity contribution in [2.75, 3.05) is 26.2 Å². The lowest BCUT2D eigenvalue weighted by Gasteiger charge is -2.38. The molecule has 0 spiro atoms. The van der Waals surface area contributed by atoms with E-state index in [1.165, 1.54) is 57.7 Å². The van der Waals surface area contributed by atoms with Crippen LogP contribution in [-0.2, 0) is 4.79 Å². The molecule has 2 aliphatic carbocycles. The largest absolute Gasteiger partial charge is 0.493 e. The summed E-state index contributed by atoms with van der Waals surface area (Å²) in [6.07, 6.45) is 7.88. The number of nitrogens with zero attached hydrogens (tertiary/aromatic N) is 4. The van der Waals surface area contributed by atoms with E-state index in [0.717, 1.165) is 10.0 Å². The molecule has 200 valence electrons. The molecular weight excluding hydrogens is 522 g/mol. The molecule has 0 amide bonds. The summed E-state index contributed by atoms with van der Waals surface area (Å²) in [6, 6.07) is 5.85. The number of benzene rings is 1. The van der Waals surface area contributed by atoms with Crippen molar-refractivity contribution >= 4 is 34.0 Å². The monoisotopic (exact) mass is 553 g/mol. The number of ketones is 1. The number of methoxy groups -OCH3 is 3. The second kappa shape index (κ2) is 11.3. The molecule has 5 rings (SSSR count). The number of hydrogen-bond donors (Lipinski definition) is 1. The van der Waals surface area contributed by atoms with Gasteiger partial charge in [-0.1, -0.05) is 48.4 Å². The number of hydrogen-bond acceptors (Lipinski definition) is 11. The van der Waals surface area contributed by atoms with Crippen LogP contribution in [0.2, 0.25) is 0 Å². The first-order chi connectivity index (χ1) is 18.5. The van der Waals surface area contributed by atoms with Crippen LogP contribution in [0.3, 0.4) is 0 Å². The molecule has 9 nitrogen and oxygen atoms in total. The van der Waals surface area contributed by atoms with E-state index < -0.39 is 5.92 Å². The Morgan fingerprint density at radius 3 is 2.50 bits per heavy atom. The van der Waals surface area contributed by atoms with E-state index in [1.807, 2.05) is 6.07 Å². The standard InChI is InChI=1S/C27H31N5O4S2/c1-34-20-13-12-16(23(35-2)24(20)36-3)21-17(14-28)25(29)32(18-10-7-11-19(33)22(18)21)26-30-31-27(38-26)37-15-8-5-4-6-9-15/h12-13,15,21H,4-11,29H2,1-3H3. The quantitative estimate of drug-likeness (QED) is 0.483. The fraction of sp³-hybridized carbons (Fsp3) is 0.481. The number of Topliss-reactive ketones (excluding diaryl/α,β-unsaturated/α-hetero) is 1. The molecule has 0 saturated heterocycles. The van der Waals surface area contributed by atoms with Gasteiger partial charge in [0.25, 0.3) is 0 Å². The van der Waals surface area contributed by atoms with E-state index >= 15 is 0 Å². The van der Waals surface area contributed by atoms with Crippen molar-refractivity contribution in [3.63, 3.8) is 0 Å². The average molecular weight is 554 g/mol. The second-order valence-corrected chi connectivity index (χ2v) is 12.0. The van der Waals surface area contributed by atoms with Crippen molar-refractivity contribution in [3.8, 4) is 23.3 Å². The molecule has 2 N–H and O–H groups in total. The van der Waals surface area contributed by atoms with Crippen LogP contribution in [0.25, 0.3) is 0 Å². The molecule has 1 unspecified atom stereocenters. The van der Waals surface area contributed by atoms with E-state index in [1.54, 1.807) is 29.8 Å². The number of aromatic nitrogens is 2. The molecule has 11 heteroatoms. The Morgan fingerprint density at radius 2 is 1.82 bits per heavy atom. The first kappa shape index (κ1) is 26.4. The van der Waals surface area contributed by atoms with Crippen LogP contribution in [0.1, 0.15) is 62.8 Å². The molecule has 3 aliphatic rings. The molecule has 0 radical (unpaired) electrons. The Labute approximate surface area is 230 Å². The molecule has 1 aromatic carbocycles. The summed E-state index contributed by atoms with van der Waals surface area (Å²) < 4.78 is 17.7. The van der Waals surface area contributed by atoms with Gasteiger partial charge in [0.05, 0.1) is 38.9 Å². The fourth-order valence-electron chi connectivity index (χ4n) is 5.63. The smallest absolute Gasteiger partial charge is 0.219 e. The number of nitriles is 1. The van der Waals surface area contributed by atoms with Crippen LogP contribution in [0.15, 0.2) is 39.1 Å². The van der Waals surface area contributed by atoms with Crippen LogP contribution in [0.4, 0.5) is 5.13 Å². The fourth-order valence-corrected chi connectivity index (χ4v) is 8.02. The maximum Gasteiger partial charge on any atom is 0.219 e. The summed E-state index contributed by atoms with van der Waals surface area (Å²) in [5, 5.41) is 20.4. The summed E-state index contributed by atoms with van der Waals surface area (Å²) in [5.41, 5.74) is 8.93. The number of nitrogens with two attached hydrogens (primary N) is 1. The van der Waals surface area contributed by atoms with E-state index in [2.05, 4.69) is 16.3 Å². The summed E-state index contributed by atoms with van der Waals surface area (Å²) in [5.74, 6) is 0.829. The zero-order valence-corrected chi connectivity index (χ0v) is 23.4. The van der Waals surface area contributed by atoms with Gasteiger partial charge in [0.15, 0.2) is 21.6 Å². The normalized spacial score (nSPS) is 20.3. The van der Waals surface area contributed by atoms with Crippen LogP contribution in [0.5, 0.6) is 17.2 Å². The molecule has 1 fully saturated rings. The number of ether oxygens (including phenoxy) is 3. The minimum absolute atomic E-state index is 0.0142. The molecule has 2 aromatic rings. The third-order valence-electron chi connectivity index (χ3n) is 7.37. The number of thioether (sulfide) groups is 1. The van der Waals surface area contributed by atoms with E-state index in [4.69, 9.17) is 19.9 Å². The first-order valence-corrected chi connectivity index (χ1v) is 14.5. The van der Waals surface area contributed by atoms with Crippen molar-refractivity contribution in [2.45, 2.75) is 66.9 Å². The van der Waals surface area contributed by atoms with Gasteiger partial charge < -0.3 is 19.9 Å². The minimum Gasteiger partial charge on any atom is -0.493 e. The first-order valence-electron chi connectivity index (χ1n) is 12.8. The zero-order valence-electron chi connectivity index (χ0n) is 21.8. The summed E-state index contributed by atoms with van der Waals surface area (Å²) in [4.78, 5) is 15.3.